The molecule has 1 amide bonds. The number of aryl methyl sites for hydroxylation is 1. The lowest BCUT2D eigenvalue weighted by molar-refractivity contribution is -0.131. The number of imidazole rings is 1. The molecule has 0 bridgehead atoms. The van der Waals surface area contributed by atoms with E-state index in [-0.39, 0.29) is 29.9 Å². The summed E-state index contributed by atoms with van der Waals surface area (Å²) in [5, 5.41) is 3.26. The molecule has 0 unspecified atom stereocenters. The minimum absolute atomic E-state index is 0. The lowest BCUT2D eigenvalue weighted by atomic mass is 10.3. The van der Waals surface area contributed by atoms with Crippen molar-refractivity contribution in [3.05, 3.63) is 35.8 Å². The number of carbonyl (C=O) groups is 1. The first-order chi connectivity index (χ1) is 13.0. The molecule has 0 saturated carbocycles. The number of rotatable bonds is 8. The van der Waals surface area contributed by atoms with Gasteiger partial charge in [-0.1, -0.05) is 6.07 Å². The van der Waals surface area contributed by atoms with Gasteiger partial charge in [0.15, 0.2) is 5.96 Å². The predicted molar refractivity (Wildman–Crippen MR) is 126 cm³/mol. The van der Waals surface area contributed by atoms with E-state index in [1.165, 1.54) is 0 Å². The molecule has 2 aromatic heterocycles. The number of halogens is 1. The van der Waals surface area contributed by atoms with E-state index in [4.69, 9.17) is 4.98 Å². The number of hydrogen-bond acceptors (Lipinski definition) is 3. The second-order valence-corrected chi connectivity index (χ2v) is 6.56. The van der Waals surface area contributed by atoms with Gasteiger partial charge in [-0.25, -0.2) is 4.98 Å². The van der Waals surface area contributed by atoms with Gasteiger partial charge >= 0.3 is 0 Å². The number of amides is 1. The van der Waals surface area contributed by atoms with Gasteiger partial charge < -0.3 is 19.5 Å². The monoisotopic (exact) mass is 500 g/mol. The minimum atomic E-state index is 0. The highest BCUT2D eigenvalue weighted by molar-refractivity contribution is 14.0. The van der Waals surface area contributed by atoms with E-state index in [0.29, 0.717) is 13.1 Å². The maximum absolute atomic E-state index is 12.3. The lowest BCUT2D eigenvalue weighted by Crippen LogP contribution is -2.45. The Balaban J connectivity index is 0.00000392. The molecule has 1 N–H and O–H groups in total. The summed E-state index contributed by atoms with van der Waals surface area (Å²) in [6.07, 6.45) is 4.82. The molecular formula is C20H33IN6O. The lowest BCUT2D eigenvalue weighted by Gasteiger charge is -2.25. The van der Waals surface area contributed by atoms with E-state index >= 15 is 0 Å². The molecule has 2 heterocycles. The summed E-state index contributed by atoms with van der Waals surface area (Å²) in [7, 11) is 1.90. The normalized spacial score (nSPS) is 11.2. The summed E-state index contributed by atoms with van der Waals surface area (Å²) in [4.78, 5) is 25.4. The Hall–Kier alpha value is -1.84. The summed E-state index contributed by atoms with van der Waals surface area (Å²) in [6, 6.07) is 4.09. The quantitative estimate of drug-likeness (QED) is 0.344. The molecule has 0 atom stereocenters. The molecule has 0 radical (unpaired) electrons. The first-order valence-electron chi connectivity index (χ1n) is 9.70. The van der Waals surface area contributed by atoms with Crippen molar-refractivity contribution >= 4 is 41.5 Å². The van der Waals surface area contributed by atoms with Crippen molar-refractivity contribution < 1.29 is 4.79 Å². The van der Waals surface area contributed by atoms with Crippen molar-refractivity contribution in [1.29, 1.82) is 0 Å². The Morgan fingerprint density at radius 1 is 1.29 bits per heavy atom. The molecule has 0 aliphatic heterocycles. The van der Waals surface area contributed by atoms with Crippen molar-refractivity contribution in [3.8, 4) is 0 Å². The highest BCUT2D eigenvalue weighted by Gasteiger charge is 2.15. The third-order valence-electron chi connectivity index (χ3n) is 4.54. The summed E-state index contributed by atoms with van der Waals surface area (Å²) >= 11 is 0. The SMILES string of the molecule is CCNC(=NCCc1cn2cccc(C)c2n1)N(C)CC(=O)N(CC)CC.I. The molecule has 0 saturated heterocycles. The second-order valence-electron chi connectivity index (χ2n) is 6.56. The van der Waals surface area contributed by atoms with Crippen LogP contribution in [0, 0.1) is 6.92 Å². The standard InChI is InChI=1S/C20H32N6O.HI/c1-6-21-20(24(5)15-18(27)25(7-2)8-3)22-12-11-17-14-26-13-9-10-16(4)19(26)23-17;/h9-10,13-14H,6-8,11-12,15H2,1-5H3,(H,21,22);1H. The molecule has 2 aromatic rings. The van der Waals surface area contributed by atoms with E-state index in [2.05, 4.69) is 33.9 Å². The summed E-state index contributed by atoms with van der Waals surface area (Å²) in [5.41, 5.74) is 3.17. The maximum Gasteiger partial charge on any atom is 0.242 e. The fourth-order valence-electron chi connectivity index (χ4n) is 3.02. The van der Waals surface area contributed by atoms with Crippen molar-refractivity contribution in [2.75, 3.05) is 39.8 Å². The van der Waals surface area contributed by atoms with Crippen LogP contribution in [0.2, 0.25) is 0 Å². The van der Waals surface area contributed by atoms with Gasteiger partial charge in [-0.05, 0) is 39.3 Å². The van der Waals surface area contributed by atoms with Crippen LogP contribution in [-0.2, 0) is 11.2 Å². The zero-order chi connectivity index (χ0) is 19.8. The number of aromatic nitrogens is 2. The van der Waals surface area contributed by atoms with E-state index in [9.17, 15) is 4.79 Å². The highest BCUT2D eigenvalue weighted by atomic mass is 127. The number of likely N-dealkylation sites (N-methyl/N-ethyl adjacent to an activating group) is 2. The first-order valence-corrected chi connectivity index (χ1v) is 9.70. The minimum Gasteiger partial charge on any atom is -0.357 e. The van der Waals surface area contributed by atoms with Gasteiger partial charge in [0.25, 0.3) is 0 Å². The average molecular weight is 500 g/mol. The molecule has 0 spiro atoms. The van der Waals surface area contributed by atoms with Gasteiger partial charge in [-0.15, -0.1) is 24.0 Å². The molecule has 0 fully saturated rings. The van der Waals surface area contributed by atoms with Gasteiger partial charge in [0.05, 0.1) is 12.2 Å². The highest BCUT2D eigenvalue weighted by Crippen LogP contribution is 2.10. The van der Waals surface area contributed by atoms with Gasteiger partial charge in [0.2, 0.25) is 5.91 Å². The van der Waals surface area contributed by atoms with Crippen LogP contribution in [0.25, 0.3) is 5.65 Å². The van der Waals surface area contributed by atoms with Gasteiger partial charge in [-0.3, -0.25) is 9.79 Å². The number of carbonyl (C=O) groups excluding carboxylic acids is 1. The van der Waals surface area contributed by atoms with Crippen LogP contribution in [0.3, 0.4) is 0 Å². The topological polar surface area (TPSA) is 65.2 Å². The zero-order valence-electron chi connectivity index (χ0n) is 17.6. The number of guanidine groups is 1. The molecule has 8 heteroatoms. The number of pyridine rings is 1. The smallest absolute Gasteiger partial charge is 0.242 e. The summed E-state index contributed by atoms with van der Waals surface area (Å²) in [6.45, 7) is 11.2. The first kappa shape index (κ1) is 24.2. The third-order valence-corrected chi connectivity index (χ3v) is 4.54. The number of nitrogens with zero attached hydrogens (tertiary/aromatic N) is 5. The molecule has 0 aliphatic rings. The Morgan fingerprint density at radius 2 is 2.00 bits per heavy atom. The van der Waals surface area contributed by atoms with E-state index in [0.717, 1.165) is 48.9 Å². The van der Waals surface area contributed by atoms with Crippen LogP contribution in [0.5, 0.6) is 0 Å². The third kappa shape index (κ3) is 6.35. The predicted octanol–water partition coefficient (Wildman–Crippen LogP) is 2.57. The Kier molecular flexibility index (Phi) is 10.3. The molecule has 0 aliphatic carbocycles. The van der Waals surface area contributed by atoms with Crippen molar-refractivity contribution in [2.24, 2.45) is 4.99 Å². The fourth-order valence-corrected chi connectivity index (χ4v) is 3.02. The number of hydrogen-bond donors (Lipinski definition) is 1. The maximum atomic E-state index is 12.3. The van der Waals surface area contributed by atoms with Crippen LogP contribution >= 0.6 is 24.0 Å². The van der Waals surface area contributed by atoms with Crippen LogP contribution in [-0.4, -0.2) is 70.8 Å². The van der Waals surface area contributed by atoms with Crippen LogP contribution in [0.1, 0.15) is 32.0 Å². The molecule has 28 heavy (non-hydrogen) atoms. The zero-order valence-corrected chi connectivity index (χ0v) is 19.9. The summed E-state index contributed by atoms with van der Waals surface area (Å²) in [5.74, 6) is 0.863. The fraction of sp³-hybridized carbons (Fsp3) is 0.550. The van der Waals surface area contributed by atoms with Crippen molar-refractivity contribution in [2.45, 2.75) is 34.1 Å². The van der Waals surface area contributed by atoms with E-state index in [1.54, 1.807) is 0 Å². The van der Waals surface area contributed by atoms with E-state index < -0.39 is 0 Å². The average Bonchev–Trinajstić information content (AvgIpc) is 3.06. The summed E-state index contributed by atoms with van der Waals surface area (Å²) < 4.78 is 2.05. The number of nitrogens with one attached hydrogen (secondary N) is 1. The number of fused-ring (bicyclic) bond motifs is 1. The molecular weight excluding hydrogens is 467 g/mol. The molecule has 0 aromatic carbocycles. The molecule has 7 nitrogen and oxygen atoms in total. The van der Waals surface area contributed by atoms with Crippen LogP contribution in [0.4, 0.5) is 0 Å². The van der Waals surface area contributed by atoms with Crippen molar-refractivity contribution in [1.82, 2.24) is 24.5 Å². The van der Waals surface area contributed by atoms with Crippen LogP contribution < -0.4 is 5.32 Å². The van der Waals surface area contributed by atoms with Gasteiger partial charge in [0.1, 0.15) is 5.65 Å². The molecule has 2 rings (SSSR count). The largest absolute Gasteiger partial charge is 0.357 e. The van der Waals surface area contributed by atoms with E-state index in [1.807, 2.05) is 49.9 Å². The van der Waals surface area contributed by atoms with Gasteiger partial charge in [0, 0.05) is 52.0 Å². The Bertz CT molecular complexity index is 784. The Labute approximate surface area is 185 Å². The van der Waals surface area contributed by atoms with Gasteiger partial charge in [-0.2, -0.15) is 0 Å². The molecule has 156 valence electrons. The second kappa shape index (κ2) is 11.9. The number of aliphatic imine (C=N–C) groups is 1. The van der Waals surface area contributed by atoms with Crippen LogP contribution in [0.15, 0.2) is 29.5 Å². The van der Waals surface area contributed by atoms with Crippen molar-refractivity contribution in [3.63, 3.8) is 0 Å². The Morgan fingerprint density at radius 3 is 2.61 bits per heavy atom.